The molecule has 18 heavy (non-hydrogen) atoms. The fraction of sp³-hybridized carbons (Fsp3) is 0.750. The van der Waals surface area contributed by atoms with Gasteiger partial charge >= 0.3 is 0 Å². The molecule has 0 atom stereocenters. The van der Waals surface area contributed by atoms with E-state index in [-0.39, 0.29) is 12.1 Å². The van der Waals surface area contributed by atoms with E-state index < -0.39 is 10.0 Å². The van der Waals surface area contributed by atoms with Crippen molar-refractivity contribution in [3.63, 3.8) is 0 Å². The van der Waals surface area contributed by atoms with E-state index in [0.717, 1.165) is 0 Å². The zero-order valence-electron chi connectivity index (χ0n) is 12.0. The molecule has 0 aliphatic rings. The Labute approximate surface area is 110 Å². The van der Waals surface area contributed by atoms with Crippen LogP contribution in [0.3, 0.4) is 0 Å². The van der Waals surface area contributed by atoms with Gasteiger partial charge in [0.1, 0.15) is 4.90 Å². The molecule has 0 fully saturated rings. The van der Waals surface area contributed by atoms with Crippen molar-refractivity contribution >= 4 is 10.0 Å². The van der Waals surface area contributed by atoms with Crippen molar-refractivity contribution in [1.29, 1.82) is 0 Å². The first kappa shape index (κ1) is 15.2. The lowest BCUT2D eigenvalue weighted by atomic mass is 10.3. The summed E-state index contributed by atoms with van der Waals surface area (Å²) >= 11 is 0. The lowest BCUT2D eigenvalue weighted by molar-refractivity contribution is 0.302. The van der Waals surface area contributed by atoms with Gasteiger partial charge in [-0.15, -0.1) is 0 Å². The maximum Gasteiger partial charge on any atom is 0.246 e. The Kier molecular flexibility index (Phi) is 4.55. The molecule has 1 aromatic rings. The summed E-state index contributed by atoms with van der Waals surface area (Å²) in [4.78, 5) is 0.312. The maximum absolute atomic E-state index is 12.6. The topological polar surface area (TPSA) is 55.2 Å². The van der Waals surface area contributed by atoms with Crippen LogP contribution in [0.5, 0.6) is 0 Å². The number of hydrogen-bond donors (Lipinski definition) is 0. The molecule has 0 saturated heterocycles. The lowest BCUT2D eigenvalue weighted by Crippen LogP contribution is -2.42. The molecule has 0 spiro atoms. The molecular formula is C12H23N3O2S. The van der Waals surface area contributed by atoms with Gasteiger partial charge in [0, 0.05) is 24.8 Å². The van der Waals surface area contributed by atoms with Crippen LogP contribution in [0.25, 0.3) is 0 Å². The smallest absolute Gasteiger partial charge is 0.246 e. The number of hydrogen-bond acceptors (Lipinski definition) is 3. The average molecular weight is 273 g/mol. The maximum atomic E-state index is 12.6. The standard InChI is InChI=1S/C12H23N3O2S/c1-7-14-8-12(11(6)13-14)18(16,17)15(9(2)3)10(4)5/h8-10H,7H2,1-6H3. The Balaban J connectivity index is 3.31. The molecule has 0 bridgehead atoms. The van der Waals surface area contributed by atoms with E-state index in [1.807, 2.05) is 34.6 Å². The predicted octanol–water partition coefficient (Wildman–Crippen LogP) is 2.02. The SMILES string of the molecule is CCn1cc(S(=O)(=O)N(C(C)C)C(C)C)c(C)n1. The summed E-state index contributed by atoms with van der Waals surface area (Å²) in [6.07, 6.45) is 1.61. The fourth-order valence-electron chi connectivity index (χ4n) is 2.18. The summed E-state index contributed by atoms with van der Waals surface area (Å²) in [5.74, 6) is 0. The van der Waals surface area contributed by atoms with Gasteiger partial charge in [0.25, 0.3) is 0 Å². The molecule has 1 heterocycles. The van der Waals surface area contributed by atoms with Crippen LogP contribution in [0.15, 0.2) is 11.1 Å². The molecular weight excluding hydrogens is 250 g/mol. The van der Waals surface area contributed by atoms with Crippen LogP contribution in [0.1, 0.15) is 40.3 Å². The van der Waals surface area contributed by atoms with E-state index in [1.54, 1.807) is 17.8 Å². The Morgan fingerprint density at radius 1 is 1.28 bits per heavy atom. The Hall–Kier alpha value is -0.880. The van der Waals surface area contributed by atoms with Gasteiger partial charge in [-0.05, 0) is 41.5 Å². The van der Waals surface area contributed by atoms with Crippen LogP contribution < -0.4 is 0 Å². The molecule has 0 N–H and O–H groups in total. The second-order valence-corrected chi connectivity index (χ2v) is 6.77. The van der Waals surface area contributed by atoms with E-state index >= 15 is 0 Å². The molecule has 0 aliphatic heterocycles. The largest absolute Gasteiger partial charge is 0.271 e. The number of aryl methyl sites for hydroxylation is 2. The highest BCUT2D eigenvalue weighted by atomic mass is 32.2. The summed E-state index contributed by atoms with van der Waals surface area (Å²) in [6, 6.07) is -0.140. The third-order valence-electron chi connectivity index (χ3n) is 2.80. The Bertz CT molecular complexity index is 495. The lowest BCUT2D eigenvalue weighted by Gasteiger charge is -2.29. The molecule has 5 nitrogen and oxygen atoms in total. The first-order chi connectivity index (χ1) is 8.21. The van der Waals surface area contributed by atoms with E-state index in [1.165, 1.54) is 4.31 Å². The van der Waals surface area contributed by atoms with Crippen molar-refractivity contribution in [2.24, 2.45) is 0 Å². The minimum absolute atomic E-state index is 0.0700. The third kappa shape index (κ3) is 2.75. The van der Waals surface area contributed by atoms with E-state index in [9.17, 15) is 8.42 Å². The molecule has 0 saturated carbocycles. The zero-order valence-corrected chi connectivity index (χ0v) is 12.8. The molecule has 1 rings (SSSR count). The summed E-state index contributed by atoms with van der Waals surface area (Å²) in [6.45, 7) is 11.9. The van der Waals surface area contributed by atoms with Crippen LogP contribution in [-0.4, -0.2) is 34.6 Å². The van der Waals surface area contributed by atoms with Gasteiger partial charge in [0.05, 0.1) is 5.69 Å². The summed E-state index contributed by atoms with van der Waals surface area (Å²) in [5, 5.41) is 4.21. The Morgan fingerprint density at radius 3 is 2.11 bits per heavy atom. The van der Waals surface area contributed by atoms with E-state index in [4.69, 9.17) is 0 Å². The van der Waals surface area contributed by atoms with E-state index in [0.29, 0.717) is 17.1 Å². The van der Waals surface area contributed by atoms with Crippen LogP contribution in [0.2, 0.25) is 0 Å². The normalized spacial score (nSPS) is 12.9. The van der Waals surface area contributed by atoms with Crippen molar-refractivity contribution in [2.75, 3.05) is 0 Å². The molecule has 0 unspecified atom stereocenters. The first-order valence-corrected chi connectivity index (χ1v) is 7.73. The average Bonchev–Trinajstić information content (AvgIpc) is 2.58. The van der Waals surface area contributed by atoms with Gasteiger partial charge in [0.15, 0.2) is 0 Å². The Morgan fingerprint density at radius 2 is 1.78 bits per heavy atom. The number of nitrogens with zero attached hydrogens (tertiary/aromatic N) is 3. The minimum atomic E-state index is -3.47. The molecule has 0 amide bonds. The van der Waals surface area contributed by atoms with Gasteiger partial charge < -0.3 is 0 Å². The van der Waals surface area contributed by atoms with Crippen LogP contribution in [0.4, 0.5) is 0 Å². The number of rotatable bonds is 5. The number of sulfonamides is 1. The summed E-state index contributed by atoms with van der Waals surface area (Å²) in [5.41, 5.74) is 0.558. The molecule has 1 aromatic heterocycles. The predicted molar refractivity (Wildman–Crippen MR) is 71.9 cm³/mol. The highest BCUT2D eigenvalue weighted by Crippen LogP contribution is 2.23. The number of aromatic nitrogens is 2. The van der Waals surface area contributed by atoms with E-state index in [2.05, 4.69) is 5.10 Å². The van der Waals surface area contributed by atoms with Gasteiger partial charge in [-0.3, -0.25) is 4.68 Å². The second kappa shape index (κ2) is 5.40. The van der Waals surface area contributed by atoms with Crippen LogP contribution >= 0.6 is 0 Å². The zero-order chi connectivity index (χ0) is 14.1. The first-order valence-electron chi connectivity index (χ1n) is 6.29. The van der Waals surface area contributed by atoms with Gasteiger partial charge in [-0.25, -0.2) is 8.42 Å². The molecule has 6 heteroatoms. The van der Waals surface area contributed by atoms with Gasteiger partial charge in [-0.2, -0.15) is 9.40 Å². The summed E-state index contributed by atoms with van der Waals surface area (Å²) in [7, 11) is -3.47. The monoisotopic (exact) mass is 273 g/mol. The fourth-order valence-corrected chi connectivity index (χ4v) is 4.19. The highest BCUT2D eigenvalue weighted by molar-refractivity contribution is 7.89. The van der Waals surface area contributed by atoms with Crippen molar-refractivity contribution in [2.45, 2.75) is 65.1 Å². The summed E-state index contributed by atoms with van der Waals surface area (Å²) < 4.78 is 28.5. The second-order valence-electron chi connectivity index (χ2n) is 4.96. The minimum Gasteiger partial charge on any atom is -0.271 e. The van der Waals surface area contributed by atoms with Crippen molar-refractivity contribution in [1.82, 2.24) is 14.1 Å². The van der Waals surface area contributed by atoms with Gasteiger partial charge in [-0.1, -0.05) is 0 Å². The third-order valence-corrected chi connectivity index (χ3v) is 5.15. The molecule has 0 aromatic carbocycles. The van der Waals surface area contributed by atoms with Crippen LogP contribution in [0, 0.1) is 6.92 Å². The van der Waals surface area contributed by atoms with Crippen LogP contribution in [-0.2, 0) is 16.6 Å². The van der Waals surface area contributed by atoms with Gasteiger partial charge in [0.2, 0.25) is 10.0 Å². The van der Waals surface area contributed by atoms with Crippen molar-refractivity contribution < 1.29 is 8.42 Å². The van der Waals surface area contributed by atoms with Crippen molar-refractivity contribution in [3.8, 4) is 0 Å². The van der Waals surface area contributed by atoms with Crippen molar-refractivity contribution in [3.05, 3.63) is 11.9 Å². The molecule has 104 valence electrons. The molecule has 0 radical (unpaired) electrons. The quantitative estimate of drug-likeness (QED) is 0.824. The molecule has 0 aliphatic carbocycles. The highest BCUT2D eigenvalue weighted by Gasteiger charge is 2.32.